The first-order valence-corrected chi connectivity index (χ1v) is 15.4. The predicted octanol–water partition coefficient (Wildman–Crippen LogP) is 2.63. The summed E-state index contributed by atoms with van der Waals surface area (Å²) in [6.07, 6.45) is -1.30. The SMILES string of the molecule is O=C(O)CCC[C@H](NC(=O)[C@@H]1O[C@H]1CC(=O)N[C@@H](Cc1ccc(OCc2ccccc2)cc1)C(=O)O)C(=O)NCCc1ccccc1. The molecule has 248 valence electrons. The Morgan fingerprint density at radius 2 is 1.45 bits per heavy atom. The van der Waals surface area contributed by atoms with Crippen molar-refractivity contribution >= 4 is 29.7 Å². The molecule has 0 spiro atoms. The molecule has 1 fully saturated rings. The number of amides is 3. The highest BCUT2D eigenvalue weighted by molar-refractivity contribution is 5.92. The smallest absolute Gasteiger partial charge is 0.326 e. The van der Waals surface area contributed by atoms with E-state index in [1.807, 2.05) is 60.7 Å². The molecule has 3 aromatic carbocycles. The number of nitrogens with one attached hydrogen (secondary N) is 3. The number of carbonyl (C=O) groups excluding carboxylic acids is 3. The maximum absolute atomic E-state index is 12.9. The number of benzene rings is 3. The molecule has 0 unspecified atom stereocenters. The topological polar surface area (TPSA) is 184 Å². The second kappa shape index (κ2) is 17.5. The Labute approximate surface area is 272 Å². The van der Waals surface area contributed by atoms with Gasteiger partial charge in [-0.1, -0.05) is 72.8 Å². The Bertz CT molecular complexity index is 1500. The van der Waals surface area contributed by atoms with Crippen molar-refractivity contribution in [2.24, 2.45) is 0 Å². The van der Waals surface area contributed by atoms with Gasteiger partial charge >= 0.3 is 11.9 Å². The van der Waals surface area contributed by atoms with Crippen LogP contribution in [0.1, 0.15) is 42.4 Å². The van der Waals surface area contributed by atoms with Gasteiger partial charge in [0.15, 0.2) is 6.10 Å². The van der Waals surface area contributed by atoms with Gasteiger partial charge in [0, 0.05) is 19.4 Å². The van der Waals surface area contributed by atoms with Crippen LogP contribution in [0.2, 0.25) is 0 Å². The number of carboxylic acids is 2. The number of rotatable bonds is 19. The summed E-state index contributed by atoms with van der Waals surface area (Å²) < 4.78 is 11.1. The lowest BCUT2D eigenvalue weighted by molar-refractivity contribution is -0.141. The Kier molecular flexibility index (Phi) is 12.9. The van der Waals surface area contributed by atoms with Gasteiger partial charge in [0.1, 0.15) is 30.5 Å². The number of hydrogen-bond donors (Lipinski definition) is 5. The summed E-state index contributed by atoms with van der Waals surface area (Å²) in [5, 5.41) is 26.6. The van der Waals surface area contributed by atoms with Crippen molar-refractivity contribution in [3.63, 3.8) is 0 Å². The van der Waals surface area contributed by atoms with Gasteiger partial charge in [-0.2, -0.15) is 0 Å². The second-order valence-corrected chi connectivity index (χ2v) is 11.3. The van der Waals surface area contributed by atoms with Crippen LogP contribution in [0.3, 0.4) is 0 Å². The molecule has 47 heavy (non-hydrogen) atoms. The first kappa shape index (κ1) is 34.6. The minimum Gasteiger partial charge on any atom is -0.489 e. The van der Waals surface area contributed by atoms with Crippen LogP contribution in [0.25, 0.3) is 0 Å². The van der Waals surface area contributed by atoms with Gasteiger partial charge in [-0.3, -0.25) is 19.2 Å². The zero-order chi connectivity index (χ0) is 33.6. The number of carbonyl (C=O) groups is 5. The predicted molar refractivity (Wildman–Crippen MR) is 170 cm³/mol. The van der Waals surface area contributed by atoms with Gasteiger partial charge < -0.3 is 35.6 Å². The van der Waals surface area contributed by atoms with Crippen LogP contribution in [0.5, 0.6) is 5.75 Å². The van der Waals surface area contributed by atoms with E-state index in [1.165, 1.54) is 0 Å². The maximum Gasteiger partial charge on any atom is 0.326 e. The summed E-state index contributed by atoms with van der Waals surface area (Å²) in [7, 11) is 0. The Morgan fingerprint density at radius 3 is 2.09 bits per heavy atom. The summed E-state index contributed by atoms with van der Waals surface area (Å²) in [6, 6.07) is 23.9. The lowest BCUT2D eigenvalue weighted by Crippen LogP contribution is -2.48. The van der Waals surface area contributed by atoms with E-state index in [9.17, 15) is 29.1 Å². The fourth-order valence-electron chi connectivity index (χ4n) is 4.94. The Balaban J connectivity index is 1.22. The molecule has 12 nitrogen and oxygen atoms in total. The Hall–Kier alpha value is -5.23. The van der Waals surface area contributed by atoms with Crippen LogP contribution in [-0.4, -0.2) is 70.7 Å². The molecule has 3 amide bonds. The van der Waals surface area contributed by atoms with E-state index < -0.39 is 54.0 Å². The van der Waals surface area contributed by atoms with E-state index >= 15 is 0 Å². The van der Waals surface area contributed by atoms with Gasteiger partial charge in [0.05, 0.1) is 6.42 Å². The molecule has 1 aliphatic rings. The summed E-state index contributed by atoms with van der Waals surface area (Å²) >= 11 is 0. The van der Waals surface area contributed by atoms with Crippen molar-refractivity contribution in [1.82, 2.24) is 16.0 Å². The molecule has 1 saturated heterocycles. The zero-order valence-corrected chi connectivity index (χ0v) is 25.8. The van der Waals surface area contributed by atoms with Gasteiger partial charge in [-0.25, -0.2) is 4.79 Å². The summed E-state index contributed by atoms with van der Waals surface area (Å²) in [5.41, 5.74) is 2.72. The second-order valence-electron chi connectivity index (χ2n) is 11.3. The number of ether oxygens (including phenoxy) is 2. The van der Waals surface area contributed by atoms with Crippen molar-refractivity contribution in [1.29, 1.82) is 0 Å². The fourth-order valence-corrected chi connectivity index (χ4v) is 4.94. The molecule has 0 aromatic heterocycles. The molecule has 1 heterocycles. The third-order valence-corrected chi connectivity index (χ3v) is 7.54. The molecule has 4 rings (SSSR count). The molecule has 3 aromatic rings. The molecular formula is C35H39N3O9. The summed E-state index contributed by atoms with van der Waals surface area (Å²) in [5.74, 6) is -3.26. The van der Waals surface area contributed by atoms with Crippen LogP contribution >= 0.6 is 0 Å². The van der Waals surface area contributed by atoms with E-state index in [4.69, 9.17) is 14.6 Å². The highest BCUT2D eigenvalue weighted by Gasteiger charge is 2.47. The van der Waals surface area contributed by atoms with Crippen molar-refractivity contribution in [2.45, 2.75) is 69.4 Å². The minimum absolute atomic E-state index is 0.0346. The molecule has 4 atom stereocenters. The number of hydrogen-bond acceptors (Lipinski definition) is 7. The van der Waals surface area contributed by atoms with Crippen LogP contribution in [0, 0.1) is 0 Å². The third-order valence-electron chi connectivity index (χ3n) is 7.54. The zero-order valence-electron chi connectivity index (χ0n) is 25.8. The monoisotopic (exact) mass is 645 g/mol. The van der Waals surface area contributed by atoms with E-state index in [0.717, 1.165) is 11.1 Å². The molecular weight excluding hydrogens is 606 g/mol. The Morgan fingerprint density at radius 1 is 0.787 bits per heavy atom. The van der Waals surface area contributed by atoms with Crippen molar-refractivity contribution in [3.8, 4) is 5.75 Å². The van der Waals surface area contributed by atoms with Crippen molar-refractivity contribution in [2.75, 3.05) is 6.54 Å². The average molecular weight is 646 g/mol. The standard InChI is InChI=1S/C35H39N3O9/c39-30(37-28(35(44)45)20-24-14-16-26(17-15-24)46-22-25-10-5-2-6-11-25)21-29-32(47-29)34(43)38-27(12-7-13-31(40)41)33(42)36-19-18-23-8-3-1-4-9-23/h1-6,8-11,14-17,27-29,32H,7,12-13,18-22H2,(H,36,42)(H,37,39)(H,38,43)(H,40,41)(H,44,45)/t27-,28-,29-,32+/m0/s1. The highest BCUT2D eigenvalue weighted by atomic mass is 16.6. The van der Waals surface area contributed by atoms with E-state index in [1.54, 1.807) is 24.3 Å². The van der Waals surface area contributed by atoms with Gasteiger partial charge in [0.25, 0.3) is 5.91 Å². The quantitative estimate of drug-likeness (QED) is 0.122. The first-order chi connectivity index (χ1) is 22.7. The van der Waals surface area contributed by atoms with Crippen molar-refractivity contribution in [3.05, 3.63) is 102 Å². The van der Waals surface area contributed by atoms with Crippen molar-refractivity contribution < 1.29 is 43.7 Å². The summed E-state index contributed by atoms with van der Waals surface area (Å²) in [4.78, 5) is 61.3. The van der Waals surface area contributed by atoms with Gasteiger partial charge in [-0.15, -0.1) is 0 Å². The molecule has 0 saturated carbocycles. The number of carboxylic acid groups (broad SMARTS) is 2. The normalized spacial score (nSPS) is 16.3. The third kappa shape index (κ3) is 11.9. The average Bonchev–Trinajstić information content (AvgIpc) is 3.83. The molecule has 0 radical (unpaired) electrons. The number of aliphatic carboxylic acids is 2. The summed E-state index contributed by atoms with van der Waals surface area (Å²) in [6.45, 7) is 0.720. The maximum atomic E-state index is 12.9. The van der Waals surface area contributed by atoms with Crippen LogP contribution in [-0.2, 0) is 48.2 Å². The minimum atomic E-state index is -1.21. The molecule has 1 aliphatic heterocycles. The first-order valence-electron chi connectivity index (χ1n) is 15.4. The van der Waals surface area contributed by atoms with E-state index in [-0.39, 0.29) is 32.1 Å². The molecule has 0 aliphatic carbocycles. The highest BCUT2D eigenvalue weighted by Crippen LogP contribution is 2.26. The van der Waals surface area contributed by atoms with Gasteiger partial charge in [0.2, 0.25) is 11.8 Å². The van der Waals surface area contributed by atoms with Crippen LogP contribution < -0.4 is 20.7 Å². The van der Waals surface area contributed by atoms with E-state index in [2.05, 4.69) is 16.0 Å². The van der Waals surface area contributed by atoms with Gasteiger partial charge in [-0.05, 0) is 48.1 Å². The van der Waals surface area contributed by atoms with Crippen LogP contribution in [0.4, 0.5) is 0 Å². The molecule has 0 bridgehead atoms. The fraction of sp³-hybridized carbons (Fsp3) is 0.343. The molecule has 5 N–H and O–H groups in total. The largest absolute Gasteiger partial charge is 0.489 e. The van der Waals surface area contributed by atoms with E-state index in [0.29, 0.717) is 30.9 Å². The molecule has 12 heteroatoms. The van der Waals surface area contributed by atoms with Crippen LogP contribution in [0.15, 0.2) is 84.9 Å². The lowest BCUT2D eigenvalue weighted by Gasteiger charge is -2.18. The number of epoxide rings is 1. The lowest BCUT2D eigenvalue weighted by atomic mass is 10.1.